The number of hydrogen-bond acceptors (Lipinski definition) is 2. The molecule has 0 aliphatic rings. The topological polar surface area (TPSA) is 40.6 Å². The van der Waals surface area contributed by atoms with Crippen LogP contribution < -0.4 is 0 Å². The molecule has 0 unspecified atom stereocenters. The molecule has 0 N–H and O–H groups in total. The Morgan fingerprint density at radius 3 is 1.00 bits per heavy atom. The highest BCUT2D eigenvalue weighted by Crippen LogP contribution is 2.47. The molecule has 0 bridgehead atoms. The highest BCUT2D eigenvalue weighted by Gasteiger charge is 2.26. The Hall–Kier alpha value is -11.7. The number of rotatable bonds is 10. The van der Waals surface area contributed by atoms with Crippen LogP contribution >= 0.6 is 0 Å². The van der Waals surface area contributed by atoms with Gasteiger partial charge in [-0.2, -0.15) is 0 Å². The van der Waals surface area contributed by atoms with E-state index in [0.29, 0.717) is 5.82 Å². The minimum Gasteiger partial charge on any atom is -0.309 e. The van der Waals surface area contributed by atoms with Crippen LogP contribution in [0.25, 0.3) is 161 Å². The summed E-state index contributed by atoms with van der Waals surface area (Å²) in [5, 5.41) is 7.20. The number of hydrogen-bond donors (Lipinski definition) is 0. The van der Waals surface area contributed by atoms with Gasteiger partial charge >= 0.3 is 0 Å². The van der Waals surface area contributed by atoms with E-state index >= 15 is 0 Å². The van der Waals surface area contributed by atoms with E-state index in [0.717, 1.165) is 100 Å². The van der Waals surface area contributed by atoms with Gasteiger partial charge in [-0.15, -0.1) is 0 Å². The first-order valence-corrected chi connectivity index (χ1v) is 31.4. The Bertz CT molecular complexity index is 5310. The van der Waals surface area contributed by atoms with Gasteiger partial charge in [0.25, 0.3) is 0 Å². The summed E-state index contributed by atoms with van der Waals surface area (Å²) in [5.74, 6) is 0.629. The zero-order chi connectivity index (χ0) is 60.8. The Morgan fingerprint density at radius 1 is 0.231 bits per heavy atom. The van der Waals surface area contributed by atoms with Crippen molar-refractivity contribution in [1.82, 2.24) is 23.7 Å². The zero-order valence-electron chi connectivity index (χ0n) is 51.0. The standard InChI is InChI=1S/C86H61N5/c1-54-37-41-67(56(3)45-54)62-39-43-83-75(49-62)76-50-63(68-42-38-55(2)46-57(68)4)40-44-84(76)91(83)85-73(60-25-19-27-65(47-60)89-79-33-15-11-29-69(79)70-30-12-16-34-80(70)89)51-64(86-87-77(58-21-7-5-8-22-58)53-78(88-86)59-23-9-6-10-24-59)52-74(85)61-26-20-28-66(48-61)90-81-35-17-13-31-71(81)72-32-14-18-36-82(72)90/h5-53H,1-4H3. The lowest BCUT2D eigenvalue weighted by molar-refractivity contribution is 1.16. The van der Waals surface area contributed by atoms with E-state index in [9.17, 15) is 0 Å². The van der Waals surface area contributed by atoms with E-state index in [-0.39, 0.29) is 0 Å². The predicted octanol–water partition coefficient (Wildman–Crippen LogP) is 22.7. The lowest BCUT2D eigenvalue weighted by atomic mass is 9.91. The molecular weight excluding hydrogens is 1100 g/mol. The second kappa shape index (κ2) is 21.6. The highest BCUT2D eigenvalue weighted by molar-refractivity contribution is 6.14. The normalized spacial score (nSPS) is 11.7. The van der Waals surface area contributed by atoms with Gasteiger partial charge in [0, 0.05) is 71.5 Å². The molecule has 4 aromatic heterocycles. The molecule has 17 rings (SSSR count). The molecule has 0 spiro atoms. The summed E-state index contributed by atoms with van der Waals surface area (Å²) < 4.78 is 7.42. The van der Waals surface area contributed by atoms with E-state index in [1.807, 2.05) is 0 Å². The van der Waals surface area contributed by atoms with Crippen molar-refractivity contribution in [1.29, 1.82) is 0 Å². The van der Waals surface area contributed by atoms with Crippen molar-refractivity contribution >= 4 is 65.4 Å². The van der Waals surface area contributed by atoms with Gasteiger partial charge in [-0.1, -0.05) is 217 Å². The van der Waals surface area contributed by atoms with Crippen molar-refractivity contribution in [2.45, 2.75) is 27.7 Å². The number of aromatic nitrogens is 5. The maximum absolute atomic E-state index is 5.59. The van der Waals surface area contributed by atoms with E-state index < -0.39 is 0 Å². The molecule has 0 aliphatic heterocycles. The fraction of sp³-hybridized carbons (Fsp3) is 0.0465. The van der Waals surface area contributed by atoms with Crippen LogP contribution in [0, 0.1) is 27.7 Å². The van der Waals surface area contributed by atoms with Crippen molar-refractivity contribution in [2.75, 3.05) is 0 Å². The van der Waals surface area contributed by atoms with Crippen molar-refractivity contribution < 1.29 is 0 Å². The fourth-order valence-electron chi connectivity index (χ4n) is 14.4. The first kappa shape index (κ1) is 53.6. The molecule has 0 atom stereocenters. The summed E-state index contributed by atoms with van der Waals surface area (Å²) in [4.78, 5) is 11.2. The van der Waals surface area contributed by atoms with Gasteiger partial charge < -0.3 is 13.7 Å². The van der Waals surface area contributed by atoms with E-state index in [1.165, 1.54) is 76.8 Å². The number of aryl methyl sites for hydroxylation is 4. The van der Waals surface area contributed by atoms with E-state index in [4.69, 9.17) is 9.97 Å². The Balaban J connectivity index is 1.02. The number of nitrogens with zero attached hydrogens (tertiary/aromatic N) is 5. The molecule has 0 aliphatic carbocycles. The average Bonchev–Trinajstić information content (AvgIpc) is 1.61. The number of para-hydroxylation sites is 4. The summed E-state index contributed by atoms with van der Waals surface area (Å²) in [7, 11) is 0. The Kier molecular flexibility index (Phi) is 12.7. The van der Waals surface area contributed by atoms with Crippen molar-refractivity contribution in [3.8, 4) is 95.5 Å². The van der Waals surface area contributed by atoms with Gasteiger partial charge in [-0.25, -0.2) is 9.97 Å². The molecule has 4 heterocycles. The van der Waals surface area contributed by atoms with E-state index in [1.54, 1.807) is 0 Å². The lowest BCUT2D eigenvalue weighted by Gasteiger charge is -2.22. The van der Waals surface area contributed by atoms with Gasteiger partial charge in [0.1, 0.15) is 0 Å². The molecule has 0 saturated heterocycles. The first-order chi connectivity index (χ1) is 44.8. The second-order valence-corrected chi connectivity index (χ2v) is 24.4. The third kappa shape index (κ3) is 9.07. The van der Waals surface area contributed by atoms with Crippen LogP contribution in [-0.4, -0.2) is 23.7 Å². The lowest BCUT2D eigenvalue weighted by Crippen LogP contribution is -2.04. The van der Waals surface area contributed by atoms with Crippen molar-refractivity contribution in [3.05, 3.63) is 320 Å². The van der Waals surface area contributed by atoms with Crippen molar-refractivity contribution in [2.24, 2.45) is 0 Å². The molecule has 17 aromatic rings. The highest BCUT2D eigenvalue weighted by atomic mass is 15.0. The van der Waals surface area contributed by atoms with Crippen LogP contribution in [0.2, 0.25) is 0 Å². The molecule has 0 amide bonds. The number of fused-ring (bicyclic) bond motifs is 9. The summed E-state index contributed by atoms with van der Waals surface area (Å²) in [6.07, 6.45) is 0. The number of benzene rings is 13. The molecule has 5 heteroatoms. The summed E-state index contributed by atoms with van der Waals surface area (Å²) >= 11 is 0. The molecule has 0 saturated carbocycles. The van der Waals surface area contributed by atoms with E-state index in [2.05, 4.69) is 339 Å². The van der Waals surface area contributed by atoms with Crippen LogP contribution in [0.5, 0.6) is 0 Å². The maximum Gasteiger partial charge on any atom is 0.160 e. The largest absolute Gasteiger partial charge is 0.309 e. The molecule has 430 valence electrons. The van der Waals surface area contributed by atoms with Crippen LogP contribution in [0.1, 0.15) is 22.3 Å². The second-order valence-electron chi connectivity index (χ2n) is 24.4. The predicted molar refractivity (Wildman–Crippen MR) is 382 cm³/mol. The molecule has 91 heavy (non-hydrogen) atoms. The van der Waals surface area contributed by atoms with Gasteiger partial charge in [0.05, 0.1) is 50.2 Å². The van der Waals surface area contributed by atoms with Crippen molar-refractivity contribution in [3.63, 3.8) is 0 Å². The van der Waals surface area contributed by atoms with Crippen LogP contribution in [-0.2, 0) is 0 Å². The third-order valence-corrected chi connectivity index (χ3v) is 18.6. The van der Waals surface area contributed by atoms with Gasteiger partial charge in [-0.3, -0.25) is 0 Å². The Morgan fingerprint density at radius 2 is 0.593 bits per heavy atom. The fourth-order valence-corrected chi connectivity index (χ4v) is 14.4. The van der Waals surface area contributed by atoms with Crippen LogP contribution in [0.15, 0.2) is 297 Å². The van der Waals surface area contributed by atoms with Gasteiger partial charge in [0.2, 0.25) is 0 Å². The third-order valence-electron chi connectivity index (χ3n) is 18.6. The Labute approximate surface area is 528 Å². The quantitative estimate of drug-likeness (QED) is 0.137. The van der Waals surface area contributed by atoms with Crippen LogP contribution in [0.4, 0.5) is 0 Å². The molecular formula is C86H61N5. The summed E-state index contributed by atoms with van der Waals surface area (Å²) in [6.45, 7) is 8.82. The van der Waals surface area contributed by atoms with Gasteiger partial charge in [-0.05, 0) is 163 Å². The molecule has 5 nitrogen and oxygen atoms in total. The van der Waals surface area contributed by atoms with Gasteiger partial charge in [0.15, 0.2) is 5.82 Å². The minimum atomic E-state index is 0.629. The minimum absolute atomic E-state index is 0.629. The van der Waals surface area contributed by atoms with Crippen LogP contribution in [0.3, 0.4) is 0 Å². The molecule has 0 radical (unpaired) electrons. The average molecular weight is 1160 g/mol. The molecule has 0 fully saturated rings. The first-order valence-electron chi connectivity index (χ1n) is 31.4. The monoisotopic (exact) mass is 1160 g/mol. The maximum atomic E-state index is 5.59. The SMILES string of the molecule is Cc1ccc(-c2ccc3c(c2)c2cc(-c4ccc(C)cc4C)ccc2n3-c2c(-c3cccc(-n4c5ccccc5c5ccccc54)c3)cc(-c3nc(-c4ccccc4)cc(-c4ccccc4)n3)cc2-c2cccc(-n3c4ccccc4c4ccccc43)c2)c(C)c1. The zero-order valence-corrected chi connectivity index (χ0v) is 51.0. The smallest absolute Gasteiger partial charge is 0.160 e. The molecule has 13 aromatic carbocycles. The summed E-state index contributed by atoms with van der Waals surface area (Å²) in [5.41, 5.74) is 28.6. The summed E-state index contributed by atoms with van der Waals surface area (Å²) in [6, 6.07) is 109.